The molecule has 1 aromatic rings. The first-order chi connectivity index (χ1) is 11.8. The van der Waals surface area contributed by atoms with Crippen LogP contribution in [0, 0.1) is 0 Å². The molecule has 0 aromatic carbocycles. The summed E-state index contributed by atoms with van der Waals surface area (Å²) in [5.41, 5.74) is 0.809. The Balaban J connectivity index is 2.09. The van der Waals surface area contributed by atoms with E-state index in [4.69, 9.17) is 4.99 Å². The Bertz CT molecular complexity index is 597. The largest absolute Gasteiger partial charge is 0.357 e. The fourth-order valence-corrected chi connectivity index (χ4v) is 3.56. The van der Waals surface area contributed by atoms with Crippen molar-refractivity contribution >= 4 is 11.9 Å². The van der Waals surface area contributed by atoms with Gasteiger partial charge in [-0.1, -0.05) is 6.07 Å². The van der Waals surface area contributed by atoms with Gasteiger partial charge >= 0.3 is 0 Å². The van der Waals surface area contributed by atoms with E-state index in [9.17, 15) is 4.79 Å². The van der Waals surface area contributed by atoms with Gasteiger partial charge in [0.25, 0.3) is 0 Å². The fourth-order valence-electron chi connectivity index (χ4n) is 3.56. The van der Waals surface area contributed by atoms with Crippen molar-refractivity contribution in [3.8, 4) is 0 Å². The summed E-state index contributed by atoms with van der Waals surface area (Å²) in [5, 5.41) is 3.33. The lowest BCUT2D eigenvalue weighted by atomic mass is 9.96. The molecule has 138 valence electrons. The topological polar surface area (TPSA) is 60.8 Å². The first-order valence-corrected chi connectivity index (χ1v) is 9.10. The number of carbonyl (C=O) groups is 1. The number of hydrogen-bond donors (Lipinski definition) is 1. The van der Waals surface area contributed by atoms with E-state index in [1.165, 1.54) is 0 Å². The Morgan fingerprint density at radius 1 is 1.40 bits per heavy atom. The Morgan fingerprint density at radius 3 is 2.72 bits per heavy atom. The second-order valence-corrected chi connectivity index (χ2v) is 7.33. The molecule has 6 heteroatoms. The Kier molecular flexibility index (Phi) is 6.39. The number of aliphatic imine (C=N–C) groups is 1. The van der Waals surface area contributed by atoms with Crippen molar-refractivity contribution in [3.63, 3.8) is 0 Å². The average molecular weight is 345 g/mol. The van der Waals surface area contributed by atoms with Crippen molar-refractivity contribution in [1.29, 1.82) is 0 Å². The summed E-state index contributed by atoms with van der Waals surface area (Å²) < 4.78 is 0. The summed E-state index contributed by atoms with van der Waals surface area (Å²) in [6.45, 7) is 13.0. The average Bonchev–Trinajstić information content (AvgIpc) is 2.53. The van der Waals surface area contributed by atoms with Crippen LogP contribution in [0.1, 0.15) is 40.3 Å². The number of aromatic nitrogens is 1. The number of hydrogen-bond acceptors (Lipinski definition) is 3. The van der Waals surface area contributed by atoms with Crippen molar-refractivity contribution < 1.29 is 4.79 Å². The van der Waals surface area contributed by atoms with E-state index < -0.39 is 0 Å². The van der Waals surface area contributed by atoms with Gasteiger partial charge in [0.2, 0.25) is 5.91 Å². The zero-order valence-corrected chi connectivity index (χ0v) is 16.1. The molecule has 2 rings (SSSR count). The summed E-state index contributed by atoms with van der Waals surface area (Å²) in [4.78, 5) is 25.8. The smallest absolute Gasteiger partial charge is 0.242 e. The van der Waals surface area contributed by atoms with Crippen LogP contribution in [0.4, 0.5) is 0 Å². The van der Waals surface area contributed by atoms with Gasteiger partial charge in [0, 0.05) is 44.0 Å². The van der Waals surface area contributed by atoms with Gasteiger partial charge in [-0.05, 0) is 46.8 Å². The first kappa shape index (κ1) is 19.2. The highest BCUT2D eigenvalue weighted by atomic mass is 16.2. The van der Waals surface area contributed by atoms with Gasteiger partial charge in [0.05, 0.1) is 12.1 Å². The normalized spacial score (nSPS) is 18.0. The third kappa shape index (κ3) is 4.94. The fraction of sp³-hybridized carbons (Fsp3) is 0.632. The Morgan fingerprint density at radius 2 is 2.16 bits per heavy atom. The number of carbonyl (C=O) groups excluding carboxylic acids is 1. The maximum absolute atomic E-state index is 12.7. The molecular weight excluding hydrogens is 314 g/mol. The lowest BCUT2D eigenvalue weighted by Crippen LogP contribution is -2.66. The van der Waals surface area contributed by atoms with E-state index >= 15 is 0 Å². The van der Waals surface area contributed by atoms with Gasteiger partial charge in [0.1, 0.15) is 0 Å². The summed E-state index contributed by atoms with van der Waals surface area (Å²) in [6.07, 6.45) is 2.59. The van der Waals surface area contributed by atoms with E-state index in [1.807, 2.05) is 30.0 Å². The van der Waals surface area contributed by atoms with E-state index in [0.717, 1.165) is 31.2 Å². The molecule has 2 heterocycles. The minimum absolute atomic E-state index is 0.154. The van der Waals surface area contributed by atoms with Crippen molar-refractivity contribution in [2.24, 2.45) is 4.99 Å². The molecule has 0 aliphatic carbocycles. The van der Waals surface area contributed by atoms with E-state index in [-0.39, 0.29) is 17.5 Å². The predicted octanol–water partition coefficient (Wildman–Crippen LogP) is 1.92. The van der Waals surface area contributed by atoms with Crippen LogP contribution in [0.15, 0.2) is 29.4 Å². The maximum atomic E-state index is 12.7. The van der Waals surface area contributed by atoms with Gasteiger partial charge in [-0.3, -0.25) is 14.8 Å². The van der Waals surface area contributed by atoms with Gasteiger partial charge in [-0.25, -0.2) is 0 Å². The van der Waals surface area contributed by atoms with E-state index in [0.29, 0.717) is 13.1 Å². The summed E-state index contributed by atoms with van der Waals surface area (Å²) >= 11 is 0. The number of pyridine rings is 1. The summed E-state index contributed by atoms with van der Waals surface area (Å²) in [6, 6.07) is 6.12. The molecule has 6 nitrogen and oxygen atoms in total. The minimum Gasteiger partial charge on any atom is -0.357 e. The Labute approximate surface area is 151 Å². The van der Waals surface area contributed by atoms with Crippen molar-refractivity contribution in [2.45, 2.75) is 52.6 Å². The van der Waals surface area contributed by atoms with Crippen LogP contribution in [-0.2, 0) is 11.2 Å². The summed E-state index contributed by atoms with van der Waals surface area (Å²) in [5.74, 6) is 0.963. The van der Waals surface area contributed by atoms with Gasteiger partial charge < -0.3 is 15.1 Å². The molecule has 0 atom stereocenters. The SMILES string of the molecule is CCNC(=NCCc1ccccn1)N1CC(=O)N(C(C)C)C(C)(C)C1. The molecule has 0 unspecified atom stereocenters. The molecule has 0 radical (unpaired) electrons. The molecule has 1 aliphatic heterocycles. The molecule has 1 aliphatic rings. The molecule has 0 spiro atoms. The molecule has 0 bridgehead atoms. The lowest BCUT2D eigenvalue weighted by Gasteiger charge is -2.49. The molecule has 25 heavy (non-hydrogen) atoms. The molecule has 1 amide bonds. The quantitative estimate of drug-likeness (QED) is 0.654. The second-order valence-electron chi connectivity index (χ2n) is 7.33. The second kappa shape index (κ2) is 8.32. The lowest BCUT2D eigenvalue weighted by molar-refractivity contribution is -0.145. The van der Waals surface area contributed by atoms with Crippen LogP contribution in [0.25, 0.3) is 0 Å². The molecule has 1 saturated heterocycles. The number of piperazine rings is 1. The van der Waals surface area contributed by atoms with Crippen LogP contribution in [0.5, 0.6) is 0 Å². The van der Waals surface area contributed by atoms with Gasteiger partial charge in [-0.15, -0.1) is 0 Å². The van der Waals surface area contributed by atoms with Crippen LogP contribution >= 0.6 is 0 Å². The number of nitrogens with zero attached hydrogens (tertiary/aromatic N) is 4. The Hall–Kier alpha value is -2.11. The monoisotopic (exact) mass is 345 g/mol. The van der Waals surface area contributed by atoms with Crippen molar-refractivity contribution in [3.05, 3.63) is 30.1 Å². The van der Waals surface area contributed by atoms with Crippen LogP contribution in [-0.4, -0.2) is 64.4 Å². The third-order valence-electron chi connectivity index (χ3n) is 4.33. The molecule has 1 N–H and O–H groups in total. The minimum atomic E-state index is -0.222. The highest BCUT2D eigenvalue weighted by molar-refractivity contribution is 5.88. The number of guanidine groups is 1. The first-order valence-electron chi connectivity index (χ1n) is 9.10. The van der Waals surface area contributed by atoms with E-state index in [2.05, 4.69) is 42.9 Å². The number of rotatable bonds is 5. The zero-order valence-electron chi connectivity index (χ0n) is 16.1. The van der Waals surface area contributed by atoms with Gasteiger partial charge in [-0.2, -0.15) is 0 Å². The van der Waals surface area contributed by atoms with Crippen LogP contribution in [0.3, 0.4) is 0 Å². The standard InChI is InChI=1S/C19H31N5O/c1-6-20-18(22-12-10-16-9-7-8-11-21-16)23-13-17(25)24(15(2)3)19(4,5)14-23/h7-9,11,15H,6,10,12-14H2,1-5H3,(H,20,22). The van der Waals surface area contributed by atoms with E-state index in [1.54, 1.807) is 6.20 Å². The maximum Gasteiger partial charge on any atom is 0.242 e. The highest BCUT2D eigenvalue weighted by Crippen LogP contribution is 2.24. The van der Waals surface area contributed by atoms with Gasteiger partial charge in [0.15, 0.2) is 5.96 Å². The molecule has 1 aromatic heterocycles. The zero-order chi connectivity index (χ0) is 18.4. The van der Waals surface area contributed by atoms with Crippen molar-refractivity contribution in [1.82, 2.24) is 20.1 Å². The van der Waals surface area contributed by atoms with Crippen molar-refractivity contribution in [2.75, 3.05) is 26.2 Å². The molecule has 1 fully saturated rings. The van der Waals surface area contributed by atoms with Crippen LogP contribution < -0.4 is 5.32 Å². The third-order valence-corrected chi connectivity index (χ3v) is 4.33. The molecular formula is C19H31N5O. The van der Waals surface area contributed by atoms with Crippen LogP contribution in [0.2, 0.25) is 0 Å². The highest BCUT2D eigenvalue weighted by Gasteiger charge is 2.40. The number of nitrogens with one attached hydrogen (secondary N) is 1. The predicted molar refractivity (Wildman–Crippen MR) is 102 cm³/mol. The number of amides is 1. The molecule has 0 saturated carbocycles. The summed E-state index contributed by atoms with van der Waals surface area (Å²) in [7, 11) is 0.